The van der Waals surface area contributed by atoms with Gasteiger partial charge in [-0.2, -0.15) is 0 Å². The Bertz CT molecular complexity index is 698. The molecule has 0 aromatic heterocycles. The van der Waals surface area contributed by atoms with Gasteiger partial charge in [0, 0.05) is 0 Å². The first-order valence-electron chi connectivity index (χ1n) is 6.38. The number of benzene rings is 2. The normalized spacial score (nSPS) is 13.4. The first-order valence-corrected chi connectivity index (χ1v) is 9.78. The van der Waals surface area contributed by atoms with Crippen molar-refractivity contribution in [3.05, 3.63) is 49.1 Å². The molecule has 0 saturated heterocycles. The maximum absolute atomic E-state index is 10.9. The predicted octanol–water partition coefficient (Wildman–Crippen LogP) is 4.28. The van der Waals surface area contributed by atoms with Gasteiger partial charge in [-0.25, -0.2) is 0 Å². The quantitative estimate of drug-likeness (QED) is 0.332. The Morgan fingerprint density at radius 3 is 2.09 bits per heavy atom. The molecule has 0 heterocycles. The van der Waals surface area contributed by atoms with Gasteiger partial charge in [0.1, 0.15) is 23.3 Å². The number of phenols is 1. The highest BCUT2D eigenvalue weighted by Gasteiger charge is 2.23. The smallest absolute Gasteiger partial charge is 0.321 e. The second-order valence-electron chi connectivity index (χ2n) is 4.67. The third-order valence-electron chi connectivity index (χ3n) is 3.03. The van der Waals surface area contributed by atoms with Crippen LogP contribution in [0.25, 0.3) is 0 Å². The Morgan fingerprint density at radius 2 is 1.61 bits per heavy atom. The molecule has 0 bridgehead atoms. The van der Waals surface area contributed by atoms with E-state index in [0.29, 0.717) is 18.6 Å². The van der Waals surface area contributed by atoms with Crippen LogP contribution in [0.3, 0.4) is 0 Å². The molecule has 0 amide bonds. The van der Waals surface area contributed by atoms with E-state index in [1.54, 1.807) is 36.4 Å². The Labute approximate surface area is 174 Å². The van der Waals surface area contributed by atoms with Crippen LogP contribution in [0.4, 0.5) is 0 Å². The third kappa shape index (κ3) is 4.82. The van der Waals surface area contributed by atoms with Crippen LogP contribution in [-0.4, -0.2) is 22.2 Å². The number of halogens is 3. The minimum absolute atomic E-state index is 0.240. The minimum Gasteiger partial charge on any atom is -0.506 e. The molecule has 0 aliphatic carbocycles. The summed E-state index contributed by atoms with van der Waals surface area (Å²) in [5.74, 6) is 0.457. The first kappa shape index (κ1) is 19.0. The van der Waals surface area contributed by atoms with Crippen molar-refractivity contribution in [2.45, 2.75) is 9.97 Å². The number of carbonyl (C=O) groups is 1. The lowest BCUT2D eigenvalue weighted by molar-refractivity contribution is -0.138. The van der Waals surface area contributed by atoms with Crippen LogP contribution in [0.2, 0.25) is 0 Å². The number of alkyl halides is 1. The van der Waals surface area contributed by atoms with Gasteiger partial charge in [0.25, 0.3) is 0 Å². The monoisotopic (exact) mass is 651 g/mol. The summed E-state index contributed by atoms with van der Waals surface area (Å²) in [4.78, 5) is 10.9. The fraction of sp³-hybridized carbons (Fsp3) is 0.133. The van der Waals surface area contributed by atoms with Crippen LogP contribution in [0.1, 0.15) is 9.49 Å². The van der Waals surface area contributed by atoms with Gasteiger partial charge in [-0.05, 0) is 75.0 Å². The van der Waals surface area contributed by atoms with E-state index in [1.165, 1.54) is 0 Å². The van der Waals surface area contributed by atoms with Gasteiger partial charge in [-0.3, -0.25) is 4.79 Å². The molecule has 0 fully saturated rings. The van der Waals surface area contributed by atoms with Gasteiger partial charge in [-0.1, -0.05) is 34.7 Å². The van der Waals surface area contributed by atoms with Crippen molar-refractivity contribution in [3.8, 4) is 17.2 Å². The van der Waals surface area contributed by atoms with Gasteiger partial charge in [-0.15, -0.1) is 0 Å². The van der Waals surface area contributed by atoms with Gasteiger partial charge in [0.15, 0.2) is 0 Å². The summed E-state index contributed by atoms with van der Waals surface area (Å²) in [5.41, 5.74) is 6.46. The molecule has 2 atom stereocenters. The molecular formula is C15H12I3NO4. The lowest BCUT2D eigenvalue weighted by Crippen LogP contribution is -2.33. The van der Waals surface area contributed by atoms with Crippen molar-refractivity contribution in [1.82, 2.24) is 0 Å². The standard InChI is InChI=1S/C15H12I3NO4/c16-10-5-9(6-11(17)14(10)20)23-8-3-1-7(2-4-8)12(18)13(19)15(21)22/h1-6,12-13,20H,19H2,(H,21,22)/t12?,13-/m0/s1. The average Bonchev–Trinajstić information content (AvgIpc) is 2.51. The maximum Gasteiger partial charge on any atom is 0.321 e. The van der Waals surface area contributed by atoms with Crippen molar-refractivity contribution in [2.75, 3.05) is 0 Å². The van der Waals surface area contributed by atoms with Gasteiger partial charge >= 0.3 is 5.97 Å². The topological polar surface area (TPSA) is 92.8 Å². The van der Waals surface area contributed by atoms with E-state index >= 15 is 0 Å². The zero-order chi connectivity index (χ0) is 17.1. The third-order valence-corrected chi connectivity index (χ3v) is 6.16. The summed E-state index contributed by atoms with van der Waals surface area (Å²) in [7, 11) is 0. The van der Waals surface area contributed by atoms with Crippen LogP contribution in [0.5, 0.6) is 17.2 Å². The highest BCUT2D eigenvalue weighted by molar-refractivity contribution is 14.1. The number of nitrogens with two attached hydrogens (primary N) is 1. The molecule has 0 aliphatic rings. The Kier molecular flexibility index (Phi) is 6.74. The number of aromatic hydroxyl groups is 1. The lowest BCUT2D eigenvalue weighted by Gasteiger charge is -2.15. The summed E-state index contributed by atoms with van der Waals surface area (Å²) in [5, 5.41) is 18.7. The summed E-state index contributed by atoms with van der Waals surface area (Å²) >= 11 is 6.10. The largest absolute Gasteiger partial charge is 0.506 e. The Hall–Kier alpha value is -0.340. The number of phenolic OH excluding ortho intramolecular Hbond substituents is 1. The SMILES string of the molecule is N[C@H](C(=O)O)C(I)c1ccc(Oc2cc(I)c(O)c(I)c2)cc1. The van der Waals surface area contributed by atoms with E-state index in [4.69, 9.17) is 15.6 Å². The van der Waals surface area contributed by atoms with E-state index < -0.39 is 12.0 Å². The van der Waals surface area contributed by atoms with Crippen molar-refractivity contribution < 1.29 is 19.7 Å². The molecule has 0 aliphatic heterocycles. The molecule has 4 N–H and O–H groups in total. The van der Waals surface area contributed by atoms with Crippen LogP contribution < -0.4 is 10.5 Å². The maximum atomic E-state index is 10.9. The summed E-state index contributed by atoms with van der Waals surface area (Å²) in [6, 6.07) is 9.66. The summed E-state index contributed by atoms with van der Waals surface area (Å²) < 4.78 is 6.86. The van der Waals surface area contributed by atoms with E-state index in [1.807, 2.05) is 67.8 Å². The van der Waals surface area contributed by atoms with Crippen LogP contribution in [-0.2, 0) is 4.79 Å². The molecule has 2 aromatic carbocycles. The average molecular weight is 651 g/mol. The van der Waals surface area contributed by atoms with Crippen molar-refractivity contribution in [1.29, 1.82) is 0 Å². The van der Waals surface area contributed by atoms with Gasteiger partial charge < -0.3 is 20.7 Å². The molecule has 2 aromatic rings. The fourth-order valence-corrected chi connectivity index (χ4v) is 4.22. The zero-order valence-corrected chi connectivity index (χ0v) is 18.0. The number of aliphatic carboxylic acids is 1. The van der Waals surface area contributed by atoms with Crippen molar-refractivity contribution >= 4 is 73.7 Å². The number of hydrogen-bond donors (Lipinski definition) is 3. The summed E-state index contributed by atoms with van der Waals surface area (Å²) in [6.07, 6.45) is 0. The van der Waals surface area contributed by atoms with E-state index in [-0.39, 0.29) is 9.67 Å². The van der Waals surface area contributed by atoms with E-state index in [2.05, 4.69) is 0 Å². The van der Waals surface area contributed by atoms with Crippen molar-refractivity contribution in [2.24, 2.45) is 5.73 Å². The molecule has 0 saturated carbocycles. The van der Waals surface area contributed by atoms with Gasteiger partial charge in [0.2, 0.25) is 0 Å². The van der Waals surface area contributed by atoms with E-state index in [9.17, 15) is 9.90 Å². The Morgan fingerprint density at radius 1 is 1.09 bits per heavy atom. The molecule has 0 spiro atoms. The molecule has 8 heteroatoms. The Balaban J connectivity index is 2.16. The number of carboxylic acids is 1. The molecule has 0 radical (unpaired) electrons. The van der Waals surface area contributed by atoms with Crippen LogP contribution >= 0.6 is 67.8 Å². The fourth-order valence-electron chi connectivity index (χ4n) is 1.79. The highest BCUT2D eigenvalue weighted by Crippen LogP contribution is 2.34. The second kappa shape index (κ2) is 8.16. The molecule has 122 valence electrons. The van der Waals surface area contributed by atoms with Crippen LogP contribution in [0.15, 0.2) is 36.4 Å². The molecule has 5 nitrogen and oxygen atoms in total. The first-order chi connectivity index (χ1) is 10.8. The van der Waals surface area contributed by atoms with E-state index in [0.717, 1.165) is 5.56 Å². The number of rotatable bonds is 5. The number of ether oxygens (including phenoxy) is 1. The van der Waals surface area contributed by atoms with Crippen LogP contribution in [0, 0.1) is 7.14 Å². The molecule has 2 rings (SSSR count). The lowest BCUT2D eigenvalue weighted by atomic mass is 10.1. The van der Waals surface area contributed by atoms with Gasteiger partial charge in [0.05, 0.1) is 11.1 Å². The summed E-state index contributed by atoms with van der Waals surface area (Å²) in [6.45, 7) is 0. The number of carboxylic acid groups (broad SMARTS) is 1. The zero-order valence-electron chi connectivity index (χ0n) is 11.5. The van der Waals surface area contributed by atoms with Crippen molar-refractivity contribution in [3.63, 3.8) is 0 Å². The highest BCUT2D eigenvalue weighted by atomic mass is 127. The second-order valence-corrected chi connectivity index (χ2v) is 8.34. The molecule has 23 heavy (non-hydrogen) atoms. The minimum atomic E-state index is -1.03. The number of hydrogen-bond acceptors (Lipinski definition) is 4. The molecule has 1 unspecified atom stereocenters. The predicted molar refractivity (Wildman–Crippen MR) is 112 cm³/mol. The molecular weight excluding hydrogens is 639 g/mol.